The van der Waals surface area contributed by atoms with Crippen LogP contribution < -0.4 is 25.4 Å². The van der Waals surface area contributed by atoms with E-state index in [1.165, 1.54) is 0 Å². The first-order valence-corrected chi connectivity index (χ1v) is 9.18. The van der Waals surface area contributed by atoms with Gasteiger partial charge in [-0.1, -0.05) is 18.2 Å². The van der Waals surface area contributed by atoms with Crippen molar-refractivity contribution >= 4 is 17.6 Å². The third-order valence-electron chi connectivity index (χ3n) is 4.58. The minimum Gasteiger partial charge on any atom is -0.493 e. The number of ether oxygens (including phenoxy) is 2. The molecule has 1 aliphatic rings. The molecule has 0 unspecified atom stereocenters. The van der Waals surface area contributed by atoms with Gasteiger partial charge in [0.2, 0.25) is 0 Å². The Kier molecular flexibility index (Phi) is 6.03. The predicted molar refractivity (Wildman–Crippen MR) is 107 cm³/mol. The van der Waals surface area contributed by atoms with Crippen LogP contribution in [0, 0.1) is 6.92 Å². The average Bonchev–Trinajstić information content (AvgIpc) is 3.51. The van der Waals surface area contributed by atoms with Crippen LogP contribution in [-0.4, -0.2) is 32.2 Å². The van der Waals surface area contributed by atoms with Crippen LogP contribution in [-0.2, 0) is 6.54 Å². The lowest BCUT2D eigenvalue weighted by atomic mass is 10.1. The molecule has 0 saturated heterocycles. The first kappa shape index (κ1) is 19.5. The van der Waals surface area contributed by atoms with Crippen molar-refractivity contribution in [3.8, 4) is 11.5 Å². The molecule has 2 aromatic carbocycles. The van der Waals surface area contributed by atoms with Crippen LogP contribution in [0.25, 0.3) is 0 Å². The Hall–Kier alpha value is -3.22. The van der Waals surface area contributed by atoms with Gasteiger partial charge in [-0.25, -0.2) is 4.79 Å². The van der Waals surface area contributed by atoms with Crippen molar-refractivity contribution in [2.45, 2.75) is 32.4 Å². The Morgan fingerprint density at radius 3 is 2.57 bits per heavy atom. The first-order chi connectivity index (χ1) is 13.5. The van der Waals surface area contributed by atoms with E-state index in [9.17, 15) is 9.59 Å². The summed E-state index contributed by atoms with van der Waals surface area (Å²) in [5.41, 5.74) is 2.80. The summed E-state index contributed by atoms with van der Waals surface area (Å²) in [6.07, 6.45) is 2.05. The van der Waals surface area contributed by atoms with Gasteiger partial charge in [0.05, 0.1) is 14.2 Å². The van der Waals surface area contributed by atoms with Crippen LogP contribution in [0.15, 0.2) is 36.4 Å². The number of carbonyl (C=O) groups is 2. The van der Waals surface area contributed by atoms with Gasteiger partial charge in [0.25, 0.3) is 5.91 Å². The highest BCUT2D eigenvalue weighted by Crippen LogP contribution is 2.30. The Bertz CT molecular complexity index is 878. The lowest BCUT2D eigenvalue weighted by Crippen LogP contribution is -2.29. The van der Waals surface area contributed by atoms with E-state index < -0.39 is 0 Å². The number of nitrogens with one attached hydrogen (secondary N) is 3. The van der Waals surface area contributed by atoms with Crippen LogP contribution >= 0.6 is 0 Å². The summed E-state index contributed by atoms with van der Waals surface area (Å²) in [5.74, 6) is 1.07. The lowest BCUT2D eigenvalue weighted by Gasteiger charge is -2.14. The molecule has 3 N–H and O–H groups in total. The molecule has 0 aromatic heterocycles. The van der Waals surface area contributed by atoms with Gasteiger partial charge < -0.3 is 25.4 Å². The van der Waals surface area contributed by atoms with Crippen molar-refractivity contribution in [3.05, 3.63) is 53.1 Å². The van der Waals surface area contributed by atoms with Crippen LogP contribution in [0.5, 0.6) is 11.5 Å². The van der Waals surface area contributed by atoms with E-state index in [2.05, 4.69) is 16.0 Å². The molecule has 0 aliphatic heterocycles. The molecule has 3 rings (SSSR count). The van der Waals surface area contributed by atoms with Crippen LogP contribution in [0.1, 0.15) is 34.3 Å². The van der Waals surface area contributed by atoms with E-state index in [0.717, 1.165) is 24.0 Å². The van der Waals surface area contributed by atoms with E-state index in [0.29, 0.717) is 22.7 Å². The normalized spacial score (nSPS) is 12.8. The zero-order valence-electron chi connectivity index (χ0n) is 16.3. The summed E-state index contributed by atoms with van der Waals surface area (Å²) in [4.78, 5) is 24.6. The summed E-state index contributed by atoms with van der Waals surface area (Å²) in [7, 11) is 3.12. The summed E-state index contributed by atoms with van der Waals surface area (Å²) < 4.78 is 10.6. The summed E-state index contributed by atoms with van der Waals surface area (Å²) >= 11 is 0. The predicted octanol–water partition coefficient (Wildman–Crippen LogP) is 3.23. The molecule has 0 atom stereocenters. The smallest absolute Gasteiger partial charge is 0.319 e. The zero-order valence-corrected chi connectivity index (χ0v) is 16.3. The van der Waals surface area contributed by atoms with E-state index in [4.69, 9.17) is 9.47 Å². The number of para-hydroxylation sites is 1. The Morgan fingerprint density at radius 1 is 1.11 bits per heavy atom. The van der Waals surface area contributed by atoms with Crippen LogP contribution in [0.3, 0.4) is 0 Å². The van der Waals surface area contributed by atoms with Crippen molar-refractivity contribution in [2.75, 3.05) is 19.5 Å². The van der Waals surface area contributed by atoms with Crippen molar-refractivity contribution in [3.63, 3.8) is 0 Å². The lowest BCUT2D eigenvalue weighted by molar-refractivity contribution is 0.0951. The number of rotatable bonds is 7. The number of carbonyl (C=O) groups excluding carboxylic acids is 2. The minimum atomic E-state index is -0.368. The van der Waals surface area contributed by atoms with Crippen molar-refractivity contribution in [1.82, 2.24) is 10.6 Å². The molecule has 148 valence electrons. The molecule has 1 saturated carbocycles. The highest BCUT2D eigenvalue weighted by molar-refractivity contribution is 5.97. The van der Waals surface area contributed by atoms with E-state index in [-0.39, 0.29) is 24.5 Å². The highest BCUT2D eigenvalue weighted by Gasteiger charge is 2.24. The molecular weight excluding hydrogens is 358 g/mol. The molecule has 0 radical (unpaired) electrons. The maximum atomic E-state index is 12.4. The second kappa shape index (κ2) is 8.65. The van der Waals surface area contributed by atoms with Gasteiger partial charge in [-0.2, -0.15) is 0 Å². The number of urea groups is 1. The molecule has 2 aromatic rings. The fourth-order valence-corrected chi connectivity index (χ4v) is 2.83. The summed E-state index contributed by atoms with van der Waals surface area (Å²) in [5, 5.41) is 8.56. The number of amides is 3. The fourth-order valence-electron chi connectivity index (χ4n) is 2.83. The van der Waals surface area contributed by atoms with Gasteiger partial charge in [0.15, 0.2) is 11.5 Å². The van der Waals surface area contributed by atoms with Crippen molar-refractivity contribution in [1.29, 1.82) is 0 Å². The van der Waals surface area contributed by atoms with E-state index in [1.807, 2.05) is 25.1 Å². The van der Waals surface area contributed by atoms with E-state index in [1.54, 1.807) is 32.4 Å². The molecular formula is C21H25N3O4. The second-order valence-corrected chi connectivity index (χ2v) is 6.74. The first-order valence-electron chi connectivity index (χ1n) is 9.18. The molecule has 0 heterocycles. The maximum Gasteiger partial charge on any atom is 0.319 e. The van der Waals surface area contributed by atoms with Crippen LogP contribution in [0.4, 0.5) is 10.5 Å². The zero-order chi connectivity index (χ0) is 20.1. The molecule has 7 heteroatoms. The number of hydrogen-bond acceptors (Lipinski definition) is 4. The number of aryl methyl sites for hydroxylation is 1. The van der Waals surface area contributed by atoms with Gasteiger partial charge in [-0.3, -0.25) is 4.79 Å². The summed E-state index contributed by atoms with van der Waals surface area (Å²) in [6, 6.07) is 10.7. The van der Waals surface area contributed by atoms with Gasteiger partial charge in [0.1, 0.15) is 0 Å². The van der Waals surface area contributed by atoms with E-state index >= 15 is 0 Å². The molecule has 3 amide bonds. The fraction of sp³-hybridized carbons (Fsp3) is 0.333. The third-order valence-corrected chi connectivity index (χ3v) is 4.58. The quantitative estimate of drug-likeness (QED) is 0.685. The SMILES string of the molecule is COc1cccc(CNC(=O)Nc2cc(C(=O)NC3CC3)ccc2C)c1OC. The second-order valence-electron chi connectivity index (χ2n) is 6.74. The number of anilines is 1. The van der Waals surface area contributed by atoms with Gasteiger partial charge in [0, 0.05) is 29.4 Å². The Morgan fingerprint density at radius 2 is 1.89 bits per heavy atom. The van der Waals surface area contributed by atoms with Gasteiger partial charge in [-0.15, -0.1) is 0 Å². The van der Waals surface area contributed by atoms with Crippen molar-refractivity contribution < 1.29 is 19.1 Å². The Labute approximate surface area is 164 Å². The standard InChI is InChI=1S/C21H25N3O4/c1-13-7-8-14(20(25)23-16-9-10-16)11-17(13)24-21(26)22-12-15-5-4-6-18(27-2)19(15)28-3/h4-8,11,16H,9-10,12H2,1-3H3,(H,23,25)(H2,22,24,26). The van der Waals surface area contributed by atoms with Gasteiger partial charge in [-0.05, 0) is 43.5 Å². The third kappa shape index (κ3) is 4.73. The number of benzene rings is 2. The number of methoxy groups -OCH3 is 2. The largest absolute Gasteiger partial charge is 0.493 e. The Balaban J connectivity index is 1.64. The highest BCUT2D eigenvalue weighted by atomic mass is 16.5. The monoisotopic (exact) mass is 383 g/mol. The average molecular weight is 383 g/mol. The topological polar surface area (TPSA) is 88.7 Å². The molecule has 0 bridgehead atoms. The van der Waals surface area contributed by atoms with Crippen molar-refractivity contribution in [2.24, 2.45) is 0 Å². The maximum absolute atomic E-state index is 12.4. The minimum absolute atomic E-state index is 0.118. The van der Waals surface area contributed by atoms with Crippen LogP contribution in [0.2, 0.25) is 0 Å². The molecule has 28 heavy (non-hydrogen) atoms. The van der Waals surface area contributed by atoms with Gasteiger partial charge >= 0.3 is 6.03 Å². The molecule has 7 nitrogen and oxygen atoms in total. The number of hydrogen-bond donors (Lipinski definition) is 3. The molecule has 1 fully saturated rings. The molecule has 0 spiro atoms. The molecule has 1 aliphatic carbocycles. The summed E-state index contributed by atoms with van der Waals surface area (Å²) in [6.45, 7) is 2.15.